The van der Waals surface area contributed by atoms with Gasteiger partial charge < -0.3 is 0 Å². The molecule has 0 spiro atoms. The quantitative estimate of drug-likeness (QED) is 0.533. The Labute approximate surface area is 193 Å². The van der Waals surface area contributed by atoms with Crippen molar-refractivity contribution in [2.75, 3.05) is 0 Å². The Morgan fingerprint density at radius 1 is 0.765 bits per heavy atom. The zero-order valence-electron chi connectivity index (χ0n) is 17.9. The van der Waals surface area contributed by atoms with Gasteiger partial charge in [-0.15, -0.1) is 0 Å². The molecule has 1 N–H and O–H groups in total. The molecule has 1 fully saturated rings. The summed E-state index contributed by atoms with van der Waals surface area (Å²) in [6.45, 7) is 2.74. The topological polar surface area (TPSA) is 80.3 Å². The average Bonchev–Trinajstić information content (AvgIpc) is 2.69. The maximum atomic E-state index is 13.1. The Balaban J connectivity index is 1.72. The van der Waals surface area contributed by atoms with Crippen LogP contribution in [0.5, 0.6) is 0 Å². The van der Waals surface area contributed by atoms with Crippen LogP contribution in [0.15, 0.2) is 58.3 Å². The van der Waals surface area contributed by atoms with Crippen molar-refractivity contribution in [1.82, 2.24) is 4.72 Å². The highest BCUT2D eigenvalue weighted by atomic mass is 32.2. The second-order valence-corrected chi connectivity index (χ2v) is 12.9. The van der Waals surface area contributed by atoms with Crippen molar-refractivity contribution >= 4 is 19.9 Å². The summed E-state index contributed by atoms with van der Waals surface area (Å²) in [4.78, 5) is -0.860. The molecule has 2 aromatic rings. The molecule has 34 heavy (non-hydrogen) atoms. The number of sulfone groups is 1. The van der Waals surface area contributed by atoms with Crippen LogP contribution in [0, 0.1) is 5.92 Å². The monoisotopic (exact) mass is 529 g/mol. The van der Waals surface area contributed by atoms with Gasteiger partial charge in [-0.2, -0.15) is 26.3 Å². The fourth-order valence-corrected chi connectivity index (χ4v) is 6.80. The minimum absolute atomic E-state index is 0.0883. The number of rotatable bonds is 6. The molecular formula is C21H21F6NO4S2. The minimum atomic E-state index is -4.71. The first-order chi connectivity index (χ1) is 15.4. The van der Waals surface area contributed by atoms with E-state index in [4.69, 9.17) is 0 Å². The predicted molar refractivity (Wildman–Crippen MR) is 111 cm³/mol. The highest BCUT2D eigenvalue weighted by molar-refractivity contribution is 7.92. The molecule has 2 aromatic carbocycles. The first-order valence-corrected chi connectivity index (χ1v) is 12.9. The van der Waals surface area contributed by atoms with E-state index in [-0.39, 0.29) is 17.7 Å². The second kappa shape index (κ2) is 8.52. The summed E-state index contributed by atoms with van der Waals surface area (Å²) in [6, 6.07) is 5.68. The van der Waals surface area contributed by atoms with Gasteiger partial charge >= 0.3 is 12.4 Å². The van der Waals surface area contributed by atoms with E-state index in [2.05, 4.69) is 4.72 Å². The van der Waals surface area contributed by atoms with E-state index in [0.29, 0.717) is 18.2 Å². The third kappa shape index (κ3) is 5.10. The van der Waals surface area contributed by atoms with Crippen LogP contribution in [0.3, 0.4) is 0 Å². The van der Waals surface area contributed by atoms with Crippen LogP contribution in [0.25, 0.3) is 0 Å². The van der Waals surface area contributed by atoms with Crippen molar-refractivity contribution in [3.05, 3.63) is 59.7 Å². The molecule has 3 rings (SSSR count). The van der Waals surface area contributed by atoms with Crippen molar-refractivity contribution < 1.29 is 43.2 Å². The van der Waals surface area contributed by atoms with Crippen molar-refractivity contribution in [1.29, 1.82) is 0 Å². The maximum absolute atomic E-state index is 13.1. The molecule has 188 valence electrons. The van der Waals surface area contributed by atoms with Crippen molar-refractivity contribution in [3.63, 3.8) is 0 Å². The molecular weight excluding hydrogens is 508 g/mol. The van der Waals surface area contributed by atoms with Crippen molar-refractivity contribution in [3.8, 4) is 0 Å². The fraction of sp³-hybridized carbons (Fsp3) is 0.429. The third-order valence-corrected chi connectivity index (χ3v) is 10.2. The lowest BCUT2D eigenvalue weighted by Crippen LogP contribution is -2.53. The lowest BCUT2D eigenvalue weighted by atomic mass is 9.73. The Morgan fingerprint density at radius 2 is 1.29 bits per heavy atom. The predicted octanol–water partition coefficient (Wildman–Crippen LogP) is 5.03. The number of halogens is 6. The second-order valence-electron chi connectivity index (χ2n) is 8.64. The maximum Gasteiger partial charge on any atom is 0.416 e. The van der Waals surface area contributed by atoms with Gasteiger partial charge in [0.2, 0.25) is 10.0 Å². The van der Waals surface area contributed by atoms with E-state index in [9.17, 15) is 43.2 Å². The van der Waals surface area contributed by atoms with Crippen LogP contribution in [0.2, 0.25) is 0 Å². The highest BCUT2D eigenvalue weighted by Gasteiger charge is 2.49. The molecule has 0 aliphatic heterocycles. The van der Waals surface area contributed by atoms with Gasteiger partial charge in [0.25, 0.3) is 0 Å². The standard InChI is InChI=1S/C21H21F6NO4S2/c1-19(2,33(29,30)18-5-3-4-14(12-18)21(25,26)27)15-10-16(11-15)28-34(31,32)17-8-6-13(7-9-17)20(22,23)24/h3-9,12,15-16,28H,10-11H2,1-2H3/t15-,16+. The van der Waals surface area contributed by atoms with E-state index in [1.54, 1.807) is 0 Å². The van der Waals surface area contributed by atoms with Gasteiger partial charge in [-0.3, -0.25) is 0 Å². The number of hydrogen-bond donors (Lipinski definition) is 1. The van der Waals surface area contributed by atoms with Crippen LogP contribution in [0.4, 0.5) is 26.3 Å². The summed E-state index contributed by atoms with van der Waals surface area (Å²) in [7, 11) is -8.36. The molecule has 1 saturated carbocycles. The molecule has 0 bridgehead atoms. The van der Waals surface area contributed by atoms with Crippen LogP contribution in [-0.4, -0.2) is 27.6 Å². The van der Waals surface area contributed by atoms with Gasteiger partial charge in [-0.1, -0.05) is 6.07 Å². The summed E-state index contributed by atoms with van der Waals surface area (Å²) in [6.07, 6.45) is -9.16. The third-order valence-electron chi connectivity index (χ3n) is 6.10. The van der Waals surface area contributed by atoms with Crippen molar-refractivity contribution in [2.24, 2.45) is 5.92 Å². The molecule has 13 heteroatoms. The zero-order valence-corrected chi connectivity index (χ0v) is 19.5. The van der Waals surface area contributed by atoms with Gasteiger partial charge in [0.05, 0.1) is 25.7 Å². The lowest BCUT2D eigenvalue weighted by molar-refractivity contribution is -0.138. The summed E-state index contributed by atoms with van der Waals surface area (Å²) in [5.41, 5.74) is -2.10. The number of hydrogen-bond acceptors (Lipinski definition) is 4. The molecule has 0 amide bonds. The highest BCUT2D eigenvalue weighted by Crippen LogP contribution is 2.44. The molecule has 0 aromatic heterocycles. The van der Waals surface area contributed by atoms with Crippen LogP contribution < -0.4 is 4.72 Å². The molecule has 0 unspecified atom stereocenters. The zero-order chi connectivity index (χ0) is 25.7. The SMILES string of the molecule is CC(C)([C@H]1C[C@@H](NS(=O)(=O)c2ccc(C(F)(F)F)cc2)C1)S(=O)(=O)c1cccc(C(F)(F)F)c1. The Hall–Kier alpha value is -2.12. The molecule has 0 atom stereocenters. The number of sulfonamides is 1. The molecule has 1 aliphatic rings. The average molecular weight is 530 g/mol. The van der Waals surface area contributed by atoms with Gasteiger partial charge in [-0.05, 0) is 75.1 Å². The molecule has 5 nitrogen and oxygen atoms in total. The van der Waals surface area contributed by atoms with Crippen molar-refractivity contribution in [2.45, 2.75) is 59.6 Å². The van der Waals surface area contributed by atoms with E-state index < -0.39 is 64.9 Å². The van der Waals surface area contributed by atoms with Gasteiger partial charge in [0, 0.05) is 6.04 Å². The normalized spacial score (nSPS) is 20.1. The van der Waals surface area contributed by atoms with E-state index in [1.807, 2.05) is 0 Å². The smallest absolute Gasteiger partial charge is 0.223 e. The molecule has 0 heterocycles. The molecule has 0 saturated heterocycles. The fourth-order valence-electron chi connectivity index (χ4n) is 3.75. The molecule has 0 radical (unpaired) electrons. The number of nitrogens with one attached hydrogen (secondary N) is 1. The summed E-state index contributed by atoms with van der Waals surface area (Å²) in [5.74, 6) is -0.563. The minimum Gasteiger partial charge on any atom is -0.223 e. The van der Waals surface area contributed by atoms with Crippen LogP contribution in [0.1, 0.15) is 37.8 Å². The lowest BCUT2D eigenvalue weighted by Gasteiger charge is -2.44. The van der Waals surface area contributed by atoms with E-state index in [1.165, 1.54) is 13.8 Å². The summed E-state index contributed by atoms with van der Waals surface area (Å²) >= 11 is 0. The van der Waals surface area contributed by atoms with Crippen LogP contribution >= 0.6 is 0 Å². The van der Waals surface area contributed by atoms with Gasteiger partial charge in [0.15, 0.2) is 9.84 Å². The summed E-state index contributed by atoms with van der Waals surface area (Å²) in [5, 5.41) is 0. The number of benzene rings is 2. The Morgan fingerprint density at radius 3 is 1.79 bits per heavy atom. The van der Waals surface area contributed by atoms with E-state index in [0.717, 1.165) is 30.3 Å². The van der Waals surface area contributed by atoms with E-state index >= 15 is 0 Å². The Bertz CT molecular complexity index is 1260. The first-order valence-electron chi connectivity index (χ1n) is 9.97. The van der Waals surface area contributed by atoms with Gasteiger partial charge in [0.1, 0.15) is 0 Å². The Kier molecular flexibility index (Phi) is 6.64. The molecule has 1 aliphatic carbocycles. The first kappa shape index (κ1) is 26.5. The number of alkyl halides is 6. The van der Waals surface area contributed by atoms with Gasteiger partial charge in [-0.25, -0.2) is 21.6 Å². The largest absolute Gasteiger partial charge is 0.416 e. The van der Waals surface area contributed by atoms with Crippen LogP contribution in [-0.2, 0) is 32.2 Å². The summed E-state index contributed by atoms with van der Waals surface area (Å²) < 4.78 is 129.